The van der Waals surface area contributed by atoms with Crippen LogP contribution in [-0.4, -0.2) is 81.3 Å². The maximum atomic E-state index is 11.1. The van der Waals surface area contributed by atoms with E-state index in [2.05, 4.69) is 0 Å². The van der Waals surface area contributed by atoms with Crippen molar-refractivity contribution < 1.29 is 19.8 Å². The molecule has 1 fully saturated rings. The third-order valence-corrected chi connectivity index (χ3v) is 3.29. The standard InChI is InChI=1S/C11H18O4.2Na.2H/c1-2-4-7-5-3-6-8(10(12)13)9(7)11(14)15;;;;/h7-9H,2-6H2,1H3,(H,12,13)(H,14,15);;;;. The summed E-state index contributed by atoms with van der Waals surface area (Å²) in [5.74, 6) is -3.23. The van der Waals surface area contributed by atoms with Crippen LogP contribution in [-0.2, 0) is 9.59 Å². The van der Waals surface area contributed by atoms with E-state index in [0.717, 1.165) is 25.7 Å². The second-order valence-electron chi connectivity index (χ2n) is 4.29. The van der Waals surface area contributed by atoms with E-state index in [4.69, 9.17) is 10.2 Å². The van der Waals surface area contributed by atoms with Crippen molar-refractivity contribution in [2.45, 2.75) is 39.0 Å². The van der Waals surface area contributed by atoms with Crippen molar-refractivity contribution in [3.8, 4) is 0 Å². The molecule has 4 nitrogen and oxygen atoms in total. The molecule has 0 radical (unpaired) electrons. The Labute approximate surface area is 146 Å². The van der Waals surface area contributed by atoms with Crippen molar-refractivity contribution in [2.75, 3.05) is 0 Å². The Morgan fingerprint density at radius 2 is 1.71 bits per heavy atom. The van der Waals surface area contributed by atoms with Gasteiger partial charge in [-0.1, -0.05) is 19.8 Å². The first-order valence-corrected chi connectivity index (χ1v) is 5.53. The summed E-state index contributed by atoms with van der Waals surface area (Å²) in [6.07, 6.45) is 3.94. The number of hydrogen-bond donors (Lipinski definition) is 2. The van der Waals surface area contributed by atoms with Gasteiger partial charge in [-0.3, -0.25) is 9.59 Å². The van der Waals surface area contributed by atoms with Crippen LogP contribution in [0.1, 0.15) is 39.0 Å². The van der Waals surface area contributed by atoms with Gasteiger partial charge in [0.05, 0.1) is 11.8 Å². The maximum absolute atomic E-state index is 11.1. The van der Waals surface area contributed by atoms with E-state index in [9.17, 15) is 9.59 Å². The van der Waals surface area contributed by atoms with E-state index in [1.54, 1.807) is 0 Å². The van der Waals surface area contributed by atoms with Crippen LogP contribution in [0.3, 0.4) is 0 Å². The summed E-state index contributed by atoms with van der Waals surface area (Å²) in [7, 11) is 0. The first kappa shape index (κ1) is 20.3. The van der Waals surface area contributed by atoms with Gasteiger partial charge in [0, 0.05) is 0 Å². The molecule has 90 valence electrons. The third kappa shape index (κ3) is 5.62. The monoisotopic (exact) mass is 262 g/mol. The molecule has 0 heterocycles. The fraction of sp³-hybridized carbons (Fsp3) is 0.818. The second kappa shape index (κ2) is 9.82. The van der Waals surface area contributed by atoms with Crippen LogP contribution in [0.5, 0.6) is 0 Å². The quantitative estimate of drug-likeness (QED) is 0.731. The van der Waals surface area contributed by atoms with E-state index in [-0.39, 0.29) is 65.0 Å². The molecule has 0 aliphatic heterocycles. The summed E-state index contributed by atoms with van der Waals surface area (Å²) in [5, 5.41) is 18.1. The summed E-state index contributed by atoms with van der Waals surface area (Å²) in [5.41, 5.74) is 0. The molecule has 3 atom stereocenters. The Kier molecular flexibility index (Phi) is 11.7. The minimum atomic E-state index is -0.955. The fourth-order valence-electron chi connectivity index (χ4n) is 2.63. The second-order valence-corrected chi connectivity index (χ2v) is 4.29. The summed E-state index contributed by atoms with van der Waals surface area (Å²) in [6, 6.07) is 0. The Balaban J connectivity index is 0. The zero-order chi connectivity index (χ0) is 11.4. The molecule has 0 saturated heterocycles. The first-order chi connectivity index (χ1) is 7.07. The van der Waals surface area contributed by atoms with Gasteiger partial charge in [0.1, 0.15) is 0 Å². The van der Waals surface area contributed by atoms with Gasteiger partial charge in [0.2, 0.25) is 0 Å². The molecule has 0 spiro atoms. The zero-order valence-corrected chi connectivity index (χ0v) is 8.98. The fourth-order valence-corrected chi connectivity index (χ4v) is 2.63. The van der Waals surface area contributed by atoms with Gasteiger partial charge in [0.15, 0.2) is 0 Å². The van der Waals surface area contributed by atoms with Crippen molar-refractivity contribution in [3.05, 3.63) is 0 Å². The zero-order valence-electron chi connectivity index (χ0n) is 8.98. The topological polar surface area (TPSA) is 74.6 Å². The van der Waals surface area contributed by atoms with E-state index < -0.39 is 23.8 Å². The number of hydrogen-bond acceptors (Lipinski definition) is 2. The number of aliphatic carboxylic acids is 2. The molecule has 1 aliphatic carbocycles. The van der Waals surface area contributed by atoms with Gasteiger partial charge in [-0.2, -0.15) is 0 Å². The molecule has 6 heteroatoms. The van der Waals surface area contributed by atoms with E-state index in [1.165, 1.54) is 0 Å². The van der Waals surface area contributed by atoms with Crippen molar-refractivity contribution in [3.63, 3.8) is 0 Å². The predicted octanol–water partition coefficient (Wildman–Crippen LogP) is 0.691. The molecule has 0 bridgehead atoms. The molecule has 0 aromatic carbocycles. The number of rotatable bonds is 4. The minimum absolute atomic E-state index is 0. The van der Waals surface area contributed by atoms with E-state index in [1.807, 2.05) is 6.92 Å². The van der Waals surface area contributed by atoms with Crippen molar-refractivity contribution in [2.24, 2.45) is 17.8 Å². The average molecular weight is 262 g/mol. The Morgan fingerprint density at radius 1 is 1.12 bits per heavy atom. The van der Waals surface area contributed by atoms with Crippen LogP contribution in [0, 0.1) is 17.8 Å². The van der Waals surface area contributed by atoms with Crippen LogP contribution in [0.4, 0.5) is 0 Å². The van der Waals surface area contributed by atoms with Gasteiger partial charge >= 0.3 is 71.1 Å². The van der Waals surface area contributed by atoms with E-state index in [0.29, 0.717) is 6.42 Å². The van der Waals surface area contributed by atoms with Crippen molar-refractivity contribution >= 4 is 71.1 Å². The molecule has 2 N–H and O–H groups in total. The summed E-state index contributed by atoms with van der Waals surface area (Å²) in [4.78, 5) is 22.0. The van der Waals surface area contributed by atoms with Crippen LogP contribution >= 0.6 is 0 Å². The number of carbonyl (C=O) groups is 2. The molecule has 3 unspecified atom stereocenters. The molecule has 1 saturated carbocycles. The van der Waals surface area contributed by atoms with E-state index >= 15 is 0 Å². The normalized spacial score (nSPS) is 27.5. The van der Waals surface area contributed by atoms with Crippen LogP contribution in [0.2, 0.25) is 0 Å². The summed E-state index contributed by atoms with van der Waals surface area (Å²) < 4.78 is 0. The third-order valence-electron chi connectivity index (χ3n) is 3.29. The molecule has 0 aromatic heterocycles. The summed E-state index contributed by atoms with van der Waals surface area (Å²) >= 11 is 0. The molecular weight excluding hydrogens is 242 g/mol. The molecule has 1 rings (SSSR count). The Bertz CT molecular complexity index is 256. The van der Waals surface area contributed by atoms with Gasteiger partial charge in [-0.15, -0.1) is 0 Å². The molecule has 1 aliphatic rings. The van der Waals surface area contributed by atoms with Crippen LogP contribution in [0.15, 0.2) is 0 Å². The molecule has 0 amide bonds. The predicted molar refractivity (Wildman–Crippen MR) is 68.8 cm³/mol. The van der Waals surface area contributed by atoms with Crippen LogP contribution < -0.4 is 0 Å². The van der Waals surface area contributed by atoms with Gasteiger partial charge in [0.25, 0.3) is 0 Å². The SMILES string of the molecule is CCCC1CCCC(C(=O)O)C1C(=O)O.[NaH].[NaH]. The van der Waals surface area contributed by atoms with Gasteiger partial charge < -0.3 is 10.2 Å². The summed E-state index contributed by atoms with van der Waals surface area (Å²) in [6.45, 7) is 2.00. The Hall–Kier alpha value is 0.940. The van der Waals surface area contributed by atoms with Crippen molar-refractivity contribution in [1.29, 1.82) is 0 Å². The Morgan fingerprint density at radius 3 is 2.12 bits per heavy atom. The number of carboxylic acids is 2. The molecular formula is C11H20Na2O4. The first-order valence-electron chi connectivity index (χ1n) is 5.53. The van der Waals surface area contributed by atoms with Crippen LogP contribution in [0.25, 0.3) is 0 Å². The molecule has 17 heavy (non-hydrogen) atoms. The van der Waals surface area contributed by atoms with Gasteiger partial charge in [-0.05, 0) is 25.2 Å². The number of carboxylic acid groups (broad SMARTS) is 2. The van der Waals surface area contributed by atoms with Crippen molar-refractivity contribution in [1.82, 2.24) is 0 Å². The average Bonchev–Trinajstić information content (AvgIpc) is 2.17. The molecule has 0 aromatic rings. The van der Waals surface area contributed by atoms with Gasteiger partial charge in [-0.25, -0.2) is 0 Å².